The number of furan rings is 1. The minimum atomic E-state index is -0.708. The molecule has 6 nitrogen and oxygen atoms in total. The number of hydrogen-bond acceptors (Lipinski definition) is 5. The molecule has 0 radical (unpaired) electrons. The van der Waals surface area contributed by atoms with Crippen molar-refractivity contribution in [3.05, 3.63) is 52.3 Å². The fourth-order valence-electron chi connectivity index (χ4n) is 2.65. The molecule has 0 atom stereocenters. The highest BCUT2D eigenvalue weighted by Crippen LogP contribution is 2.29. The molecule has 1 aromatic heterocycles. The number of carbonyl (C=O) groups excluding carboxylic acids is 3. The van der Waals surface area contributed by atoms with Crippen molar-refractivity contribution in [2.45, 2.75) is 40.5 Å². The van der Waals surface area contributed by atoms with Crippen molar-refractivity contribution in [1.82, 2.24) is 0 Å². The maximum Gasteiger partial charge on any atom is 0.344 e. The summed E-state index contributed by atoms with van der Waals surface area (Å²) in [6.45, 7) is 8.83. The van der Waals surface area contributed by atoms with E-state index in [0.717, 1.165) is 5.56 Å². The molecule has 1 amide bonds. The summed E-state index contributed by atoms with van der Waals surface area (Å²) in [5.41, 5.74) is 1.60. The van der Waals surface area contributed by atoms with Crippen LogP contribution in [0.15, 0.2) is 28.7 Å². The SMILES string of the molecule is CCOC(=O)c1c(NC(=O)c2ccc(C(C)C)cc2)oc(C)c1C(C)=O. The summed E-state index contributed by atoms with van der Waals surface area (Å²) in [6, 6.07) is 7.16. The van der Waals surface area contributed by atoms with Crippen LogP contribution >= 0.6 is 0 Å². The smallest absolute Gasteiger partial charge is 0.344 e. The highest BCUT2D eigenvalue weighted by atomic mass is 16.5. The van der Waals surface area contributed by atoms with E-state index >= 15 is 0 Å². The summed E-state index contributed by atoms with van der Waals surface area (Å²) in [6.07, 6.45) is 0. The molecule has 1 heterocycles. The van der Waals surface area contributed by atoms with Crippen molar-refractivity contribution in [2.24, 2.45) is 0 Å². The second-order valence-corrected chi connectivity index (χ2v) is 6.24. The van der Waals surface area contributed by atoms with Gasteiger partial charge in [-0.2, -0.15) is 0 Å². The van der Waals surface area contributed by atoms with Crippen LogP contribution in [0.1, 0.15) is 76.0 Å². The molecule has 0 aliphatic rings. The molecule has 0 fully saturated rings. The van der Waals surface area contributed by atoms with Gasteiger partial charge in [-0.3, -0.25) is 14.9 Å². The first kappa shape index (κ1) is 19.4. The van der Waals surface area contributed by atoms with Crippen LogP contribution in [-0.4, -0.2) is 24.3 Å². The molecule has 0 aliphatic carbocycles. The Bertz CT molecular complexity index is 831. The standard InChI is InChI=1S/C20H23NO5/c1-6-25-20(24)17-16(12(4)22)13(5)26-19(17)21-18(23)15-9-7-14(8-10-15)11(2)3/h7-11H,6H2,1-5H3,(H,21,23). The van der Waals surface area contributed by atoms with Crippen LogP contribution in [0, 0.1) is 6.92 Å². The number of aryl methyl sites for hydroxylation is 1. The molecule has 0 aliphatic heterocycles. The molecule has 0 bridgehead atoms. The van der Waals surface area contributed by atoms with Gasteiger partial charge in [-0.15, -0.1) is 0 Å². The van der Waals surface area contributed by atoms with Crippen LogP contribution in [0.2, 0.25) is 0 Å². The van der Waals surface area contributed by atoms with Gasteiger partial charge in [0.05, 0.1) is 12.2 Å². The van der Waals surface area contributed by atoms with Crippen LogP contribution in [0.25, 0.3) is 0 Å². The van der Waals surface area contributed by atoms with Crippen LogP contribution in [0.5, 0.6) is 0 Å². The normalized spacial score (nSPS) is 10.7. The molecule has 1 aromatic carbocycles. The topological polar surface area (TPSA) is 85.6 Å². The molecule has 2 aromatic rings. The van der Waals surface area contributed by atoms with Crippen molar-refractivity contribution < 1.29 is 23.5 Å². The lowest BCUT2D eigenvalue weighted by Crippen LogP contribution is -2.16. The molecule has 1 N–H and O–H groups in total. The number of ketones is 1. The Balaban J connectivity index is 2.36. The summed E-state index contributed by atoms with van der Waals surface area (Å²) < 4.78 is 10.5. The molecular formula is C20H23NO5. The Morgan fingerprint density at radius 1 is 1.12 bits per heavy atom. The lowest BCUT2D eigenvalue weighted by Gasteiger charge is -2.08. The maximum absolute atomic E-state index is 12.5. The van der Waals surface area contributed by atoms with E-state index in [1.165, 1.54) is 6.92 Å². The fraction of sp³-hybridized carbons (Fsp3) is 0.350. The second-order valence-electron chi connectivity index (χ2n) is 6.24. The number of rotatable bonds is 6. The number of ether oxygens (including phenoxy) is 1. The van der Waals surface area contributed by atoms with Gasteiger partial charge in [0.25, 0.3) is 5.91 Å². The second kappa shape index (κ2) is 7.99. The van der Waals surface area contributed by atoms with Crippen LogP contribution in [0.3, 0.4) is 0 Å². The van der Waals surface area contributed by atoms with Gasteiger partial charge in [-0.1, -0.05) is 26.0 Å². The van der Waals surface area contributed by atoms with Crippen LogP contribution in [0.4, 0.5) is 5.88 Å². The first-order valence-electron chi connectivity index (χ1n) is 8.49. The summed E-state index contributed by atoms with van der Waals surface area (Å²) in [5.74, 6) is -0.950. The zero-order valence-electron chi connectivity index (χ0n) is 15.6. The Kier molecular flexibility index (Phi) is 5.97. The Hall–Kier alpha value is -2.89. The van der Waals surface area contributed by atoms with Gasteiger partial charge in [-0.05, 0) is 44.4 Å². The van der Waals surface area contributed by atoms with Gasteiger partial charge < -0.3 is 9.15 Å². The van der Waals surface area contributed by atoms with Gasteiger partial charge in [0.15, 0.2) is 5.78 Å². The number of esters is 1. The van der Waals surface area contributed by atoms with E-state index in [0.29, 0.717) is 11.5 Å². The number of carbonyl (C=O) groups is 3. The average Bonchev–Trinajstić information content (AvgIpc) is 2.91. The van der Waals surface area contributed by atoms with E-state index < -0.39 is 11.9 Å². The fourth-order valence-corrected chi connectivity index (χ4v) is 2.65. The van der Waals surface area contributed by atoms with E-state index in [2.05, 4.69) is 19.2 Å². The first-order valence-corrected chi connectivity index (χ1v) is 8.49. The van der Waals surface area contributed by atoms with Gasteiger partial charge in [0.2, 0.25) is 5.88 Å². The predicted molar refractivity (Wildman–Crippen MR) is 97.9 cm³/mol. The van der Waals surface area contributed by atoms with Crippen molar-refractivity contribution in [3.8, 4) is 0 Å². The van der Waals surface area contributed by atoms with Gasteiger partial charge >= 0.3 is 5.97 Å². The van der Waals surface area contributed by atoms with Crippen molar-refractivity contribution >= 4 is 23.5 Å². The Morgan fingerprint density at radius 2 is 1.73 bits per heavy atom. The van der Waals surface area contributed by atoms with Gasteiger partial charge in [-0.25, -0.2) is 4.79 Å². The minimum absolute atomic E-state index is 0.0519. The van der Waals surface area contributed by atoms with Gasteiger partial charge in [0, 0.05) is 5.56 Å². The molecular weight excluding hydrogens is 334 g/mol. The molecule has 2 rings (SSSR count). The number of amides is 1. The predicted octanol–water partition coefficient (Wildman–Crippen LogP) is 4.34. The monoisotopic (exact) mass is 357 g/mol. The molecule has 0 saturated heterocycles. The van der Waals surface area contributed by atoms with E-state index in [-0.39, 0.29) is 35.2 Å². The Labute approximate surface area is 152 Å². The first-order chi connectivity index (χ1) is 12.3. The van der Waals surface area contributed by atoms with Crippen molar-refractivity contribution in [1.29, 1.82) is 0 Å². The zero-order chi connectivity index (χ0) is 19.4. The van der Waals surface area contributed by atoms with Crippen LogP contribution < -0.4 is 5.32 Å². The highest BCUT2D eigenvalue weighted by Gasteiger charge is 2.28. The van der Waals surface area contributed by atoms with E-state index in [4.69, 9.17) is 9.15 Å². The maximum atomic E-state index is 12.5. The van der Waals surface area contributed by atoms with E-state index in [9.17, 15) is 14.4 Å². The third kappa shape index (κ3) is 4.02. The quantitative estimate of drug-likeness (QED) is 0.614. The lowest BCUT2D eigenvalue weighted by molar-refractivity contribution is 0.0524. The summed E-state index contributed by atoms with van der Waals surface area (Å²) in [5, 5.41) is 2.57. The highest BCUT2D eigenvalue weighted by molar-refractivity contribution is 6.12. The molecule has 0 spiro atoms. The number of anilines is 1. The van der Waals surface area contributed by atoms with Gasteiger partial charge in [0.1, 0.15) is 11.3 Å². The number of nitrogens with one attached hydrogen (secondary N) is 1. The van der Waals surface area contributed by atoms with Crippen molar-refractivity contribution in [3.63, 3.8) is 0 Å². The zero-order valence-corrected chi connectivity index (χ0v) is 15.6. The molecule has 26 heavy (non-hydrogen) atoms. The molecule has 6 heteroatoms. The van der Waals surface area contributed by atoms with E-state index in [1.807, 2.05) is 12.1 Å². The average molecular weight is 357 g/mol. The molecule has 0 unspecified atom stereocenters. The summed E-state index contributed by atoms with van der Waals surface area (Å²) in [7, 11) is 0. The summed E-state index contributed by atoms with van der Waals surface area (Å²) in [4.78, 5) is 36.7. The third-order valence-electron chi connectivity index (χ3n) is 3.98. The summed E-state index contributed by atoms with van der Waals surface area (Å²) >= 11 is 0. The number of benzene rings is 1. The number of hydrogen-bond donors (Lipinski definition) is 1. The van der Waals surface area contributed by atoms with E-state index in [1.54, 1.807) is 26.0 Å². The van der Waals surface area contributed by atoms with Crippen LogP contribution in [-0.2, 0) is 4.74 Å². The molecule has 138 valence electrons. The molecule has 0 saturated carbocycles. The third-order valence-corrected chi connectivity index (χ3v) is 3.98. The van der Waals surface area contributed by atoms with Crippen molar-refractivity contribution in [2.75, 3.05) is 11.9 Å². The Morgan fingerprint density at radius 3 is 2.23 bits per heavy atom. The number of Topliss-reactive ketones (excluding diaryl/α,β-unsaturated/α-hetero) is 1. The minimum Gasteiger partial charge on any atom is -0.462 e. The largest absolute Gasteiger partial charge is 0.462 e. The lowest BCUT2D eigenvalue weighted by atomic mass is 10.0.